The summed E-state index contributed by atoms with van der Waals surface area (Å²) in [6, 6.07) is 15.8. The molecule has 0 aromatic heterocycles. The van der Waals surface area contributed by atoms with Crippen molar-refractivity contribution >= 4 is 11.6 Å². The van der Waals surface area contributed by atoms with E-state index in [0.29, 0.717) is 5.57 Å². The fourth-order valence-electron chi connectivity index (χ4n) is 2.16. The van der Waals surface area contributed by atoms with E-state index in [1.165, 1.54) is 0 Å². The first kappa shape index (κ1) is 12.3. The van der Waals surface area contributed by atoms with Crippen LogP contribution < -0.4 is 9.47 Å². The van der Waals surface area contributed by atoms with Gasteiger partial charge in [0.1, 0.15) is 0 Å². The van der Waals surface area contributed by atoms with Crippen LogP contribution in [0.3, 0.4) is 0 Å². The molecule has 0 amide bonds. The van der Waals surface area contributed by atoms with Crippen LogP contribution in [0, 0.1) is 18.3 Å². The molecular formula is C17H13NO2. The van der Waals surface area contributed by atoms with Crippen LogP contribution in [0.5, 0.6) is 11.5 Å². The largest absolute Gasteiger partial charge is 0.454 e. The second-order valence-corrected chi connectivity index (χ2v) is 4.65. The Hall–Kier alpha value is -2.73. The molecule has 1 aliphatic heterocycles. The first-order valence-electron chi connectivity index (χ1n) is 6.35. The van der Waals surface area contributed by atoms with Crippen LogP contribution in [0.25, 0.3) is 11.6 Å². The Kier molecular flexibility index (Phi) is 3.14. The van der Waals surface area contributed by atoms with Gasteiger partial charge in [-0.1, -0.05) is 35.9 Å². The standard InChI is InChI=1S/C17H13NO2/c1-12-3-2-4-14(7-12)15(10-18)8-13-5-6-16-17(9-13)20-11-19-16/h2-9H,11H2,1H3/b15-8-. The highest BCUT2D eigenvalue weighted by molar-refractivity contribution is 5.90. The number of ether oxygens (including phenoxy) is 2. The van der Waals surface area contributed by atoms with Crippen molar-refractivity contribution in [1.82, 2.24) is 0 Å². The predicted molar refractivity (Wildman–Crippen MR) is 77.2 cm³/mol. The van der Waals surface area contributed by atoms with Crippen LogP contribution in [0.4, 0.5) is 0 Å². The number of fused-ring (bicyclic) bond motifs is 1. The molecular weight excluding hydrogens is 250 g/mol. The molecule has 0 atom stereocenters. The molecule has 0 fully saturated rings. The Morgan fingerprint density at radius 3 is 2.80 bits per heavy atom. The van der Waals surface area contributed by atoms with Crippen molar-refractivity contribution < 1.29 is 9.47 Å². The minimum atomic E-state index is 0.255. The molecule has 1 aliphatic rings. The highest BCUT2D eigenvalue weighted by Gasteiger charge is 2.12. The van der Waals surface area contributed by atoms with E-state index in [-0.39, 0.29) is 6.79 Å². The van der Waals surface area contributed by atoms with Gasteiger partial charge in [0, 0.05) is 0 Å². The van der Waals surface area contributed by atoms with Gasteiger partial charge in [0.15, 0.2) is 11.5 Å². The molecule has 0 aliphatic carbocycles. The van der Waals surface area contributed by atoms with E-state index in [4.69, 9.17) is 9.47 Å². The molecule has 0 bridgehead atoms. The van der Waals surface area contributed by atoms with Gasteiger partial charge in [-0.25, -0.2) is 0 Å². The third-order valence-corrected chi connectivity index (χ3v) is 3.16. The summed E-state index contributed by atoms with van der Waals surface area (Å²) in [5.74, 6) is 1.47. The van der Waals surface area contributed by atoms with E-state index < -0.39 is 0 Å². The maximum Gasteiger partial charge on any atom is 0.231 e. The van der Waals surface area contributed by atoms with Crippen molar-refractivity contribution in [2.45, 2.75) is 6.92 Å². The summed E-state index contributed by atoms with van der Waals surface area (Å²) in [5.41, 5.74) is 3.61. The molecule has 2 aromatic carbocycles. The second-order valence-electron chi connectivity index (χ2n) is 4.65. The van der Waals surface area contributed by atoms with Gasteiger partial charge in [-0.05, 0) is 36.3 Å². The summed E-state index contributed by atoms with van der Waals surface area (Å²) >= 11 is 0. The van der Waals surface area contributed by atoms with Crippen molar-refractivity contribution in [1.29, 1.82) is 5.26 Å². The van der Waals surface area contributed by atoms with E-state index in [2.05, 4.69) is 6.07 Å². The summed E-state index contributed by atoms with van der Waals surface area (Å²) in [6.45, 7) is 2.27. The molecule has 0 radical (unpaired) electrons. The molecule has 0 saturated heterocycles. The summed E-state index contributed by atoms with van der Waals surface area (Å²) < 4.78 is 10.6. The highest BCUT2D eigenvalue weighted by atomic mass is 16.7. The topological polar surface area (TPSA) is 42.2 Å². The number of hydrogen-bond acceptors (Lipinski definition) is 3. The smallest absolute Gasteiger partial charge is 0.231 e. The van der Waals surface area contributed by atoms with Gasteiger partial charge in [0.25, 0.3) is 0 Å². The lowest BCUT2D eigenvalue weighted by atomic mass is 10.0. The van der Waals surface area contributed by atoms with Crippen molar-refractivity contribution in [3.8, 4) is 17.6 Å². The van der Waals surface area contributed by atoms with Gasteiger partial charge >= 0.3 is 0 Å². The number of hydrogen-bond donors (Lipinski definition) is 0. The predicted octanol–water partition coefficient (Wildman–Crippen LogP) is 3.79. The van der Waals surface area contributed by atoms with E-state index in [1.807, 2.05) is 55.5 Å². The van der Waals surface area contributed by atoms with Crippen LogP contribution >= 0.6 is 0 Å². The molecule has 2 aromatic rings. The Labute approximate surface area is 117 Å². The number of rotatable bonds is 2. The van der Waals surface area contributed by atoms with Crippen molar-refractivity contribution in [3.63, 3.8) is 0 Å². The molecule has 20 heavy (non-hydrogen) atoms. The zero-order valence-corrected chi connectivity index (χ0v) is 11.1. The molecule has 3 nitrogen and oxygen atoms in total. The third kappa shape index (κ3) is 2.36. The fourth-order valence-corrected chi connectivity index (χ4v) is 2.16. The van der Waals surface area contributed by atoms with Gasteiger partial charge in [-0.2, -0.15) is 5.26 Å². The third-order valence-electron chi connectivity index (χ3n) is 3.16. The van der Waals surface area contributed by atoms with Crippen LogP contribution in [-0.2, 0) is 0 Å². The van der Waals surface area contributed by atoms with E-state index >= 15 is 0 Å². The lowest BCUT2D eigenvalue weighted by Gasteiger charge is -2.02. The van der Waals surface area contributed by atoms with E-state index in [1.54, 1.807) is 0 Å². The summed E-state index contributed by atoms with van der Waals surface area (Å²) in [7, 11) is 0. The first-order valence-corrected chi connectivity index (χ1v) is 6.35. The molecule has 3 heteroatoms. The van der Waals surface area contributed by atoms with Crippen LogP contribution in [-0.4, -0.2) is 6.79 Å². The Morgan fingerprint density at radius 1 is 1.15 bits per heavy atom. The van der Waals surface area contributed by atoms with Crippen molar-refractivity contribution in [2.75, 3.05) is 6.79 Å². The molecule has 0 N–H and O–H groups in total. The van der Waals surface area contributed by atoms with E-state index in [9.17, 15) is 5.26 Å². The van der Waals surface area contributed by atoms with E-state index in [0.717, 1.165) is 28.2 Å². The monoisotopic (exact) mass is 263 g/mol. The number of nitriles is 1. The van der Waals surface area contributed by atoms with Gasteiger partial charge in [-0.15, -0.1) is 0 Å². The normalized spacial score (nSPS) is 13.1. The van der Waals surface area contributed by atoms with Gasteiger partial charge in [0.05, 0.1) is 11.6 Å². The second kappa shape index (κ2) is 5.10. The van der Waals surface area contributed by atoms with Gasteiger partial charge in [-0.3, -0.25) is 0 Å². The van der Waals surface area contributed by atoms with Crippen molar-refractivity contribution in [3.05, 3.63) is 59.2 Å². The van der Waals surface area contributed by atoms with Gasteiger partial charge in [0.2, 0.25) is 6.79 Å². The van der Waals surface area contributed by atoms with Crippen LogP contribution in [0.1, 0.15) is 16.7 Å². The molecule has 0 unspecified atom stereocenters. The number of nitrogens with zero attached hydrogens (tertiary/aromatic N) is 1. The summed E-state index contributed by atoms with van der Waals surface area (Å²) in [5, 5.41) is 9.35. The lowest BCUT2D eigenvalue weighted by Crippen LogP contribution is -1.92. The molecule has 3 rings (SSSR count). The fraction of sp³-hybridized carbons (Fsp3) is 0.118. The van der Waals surface area contributed by atoms with Crippen LogP contribution in [0.15, 0.2) is 42.5 Å². The zero-order valence-electron chi connectivity index (χ0n) is 11.1. The Bertz CT molecular complexity index is 726. The maximum atomic E-state index is 9.35. The van der Waals surface area contributed by atoms with Crippen LogP contribution in [0.2, 0.25) is 0 Å². The first-order chi connectivity index (χ1) is 9.76. The summed E-state index contributed by atoms with van der Waals surface area (Å²) in [4.78, 5) is 0. The SMILES string of the molecule is Cc1cccc(/C(C#N)=C\c2ccc3c(c2)OCO3)c1. The number of allylic oxidation sites excluding steroid dienone is 1. The highest BCUT2D eigenvalue weighted by Crippen LogP contribution is 2.33. The molecule has 98 valence electrons. The number of benzene rings is 2. The molecule has 0 spiro atoms. The molecule has 0 saturated carbocycles. The lowest BCUT2D eigenvalue weighted by molar-refractivity contribution is 0.174. The molecule has 1 heterocycles. The zero-order chi connectivity index (χ0) is 13.9. The average Bonchev–Trinajstić information content (AvgIpc) is 2.92. The minimum absolute atomic E-state index is 0.255. The Balaban J connectivity index is 1.99. The van der Waals surface area contributed by atoms with Gasteiger partial charge < -0.3 is 9.47 Å². The average molecular weight is 263 g/mol. The summed E-state index contributed by atoms with van der Waals surface area (Å²) in [6.07, 6.45) is 1.86. The maximum absolute atomic E-state index is 9.35. The minimum Gasteiger partial charge on any atom is -0.454 e. The van der Waals surface area contributed by atoms with Crippen molar-refractivity contribution in [2.24, 2.45) is 0 Å². The Morgan fingerprint density at radius 2 is 2.00 bits per heavy atom. The quantitative estimate of drug-likeness (QED) is 0.611. The number of aryl methyl sites for hydroxylation is 1.